The number of anilines is 1. The van der Waals surface area contributed by atoms with Gasteiger partial charge in [-0.3, -0.25) is 0 Å². The van der Waals surface area contributed by atoms with Gasteiger partial charge in [-0.15, -0.1) is 0 Å². The first kappa shape index (κ1) is 19.6. The molecule has 0 atom stereocenters. The van der Waals surface area contributed by atoms with E-state index in [0.29, 0.717) is 19.0 Å². The van der Waals surface area contributed by atoms with Crippen molar-refractivity contribution >= 4 is 11.7 Å². The molecule has 0 aromatic heterocycles. The summed E-state index contributed by atoms with van der Waals surface area (Å²) in [5.74, 6) is 1.10. The molecule has 0 heterocycles. The minimum Gasteiger partial charge on any atom is -0.494 e. The minimum atomic E-state index is -1.01. The standard InChI is InChI=1S/C21H27NO4/c1-4-24-20(23)21(2,3)26-19-11-7-16(8-12-19)6-5-15-25-18-13-9-17(22)10-14-18/h7-14H,4-6,15,22H2,1-3H3. The summed E-state index contributed by atoms with van der Waals surface area (Å²) in [5.41, 5.74) is 6.55. The smallest absolute Gasteiger partial charge is 0.349 e. The molecule has 0 spiro atoms. The van der Waals surface area contributed by atoms with Crippen LogP contribution in [0.1, 0.15) is 32.8 Å². The van der Waals surface area contributed by atoms with Gasteiger partial charge < -0.3 is 19.9 Å². The Morgan fingerprint density at radius 1 is 1.00 bits per heavy atom. The van der Waals surface area contributed by atoms with Crippen molar-refractivity contribution in [1.82, 2.24) is 0 Å². The third-order valence-electron chi connectivity index (χ3n) is 3.82. The molecule has 0 aliphatic carbocycles. The third-order valence-corrected chi connectivity index (χ3v) is 3.82. The van der Waals surface area contributed by atoms with Gasteiger partial charge >= 0.3 is 5.97 Å². The molecule has 2 rings (SSSR count). The summed E-state index contributed by atoms with van der Waals surface area (Å²) in [5, 5.41) is 0. The second-order valence-corrected chi connectivity index (χ2v) is 6.50. The molecule has 2 aromatic carbocycles. The second kappa shape index (κ2) is 9.13. The Morgan fingerprint density at radius 3 is 2.23 bits per heavy atom. The van der Waals surface area contributed by atoms with Gasteiger partial charge in [0, 0.05) is 5.69 Å². The van der Waals surface area contributed by atoms with E-state index in [-0.39, 0.29) is 5.97 Å². The highest BCUT2D eigenvalue weighted by atomic mass is 16.6. The van der Waals surface area contributed by atoms with Crippen LogP contribution in [-0.2, 0) is 16.0 Å². The average molecular weight is 357 g/mol. The molecule has 5 nitrogen and oxygen atoms in total. The first-order valence-electron chi connectivity index (χ1n) is 8.84. The van der Waals surface area contributed by atoms with E-state index in [0.717, 1.165) is 24.3 Å². The van der Waals surface area contributed by atoms with E-state index in [9.17, 15) is 4.79 Å². The molecule has 2 aromatic rings. The molecule has 0 aliphatic rings. The van der Waals surface area contributed by atoms with Gasteiger partial charge in [0.05, 0.1) is 13.2 Å². The number of nitrogens with two attached hydrogens (primary N) is 1. The van der Waals surface area contributed by atoms with Gasteiger partial charge in [0.15, 0.2) is 5.60 Å². The van der Waals surface area contributed by atoms with Crippen LogP contribution in [0.3, 0.4) is 0 Å². The van der Waals surface area contributed by atoms with E-state index in [4.69, 9.17) is 19.9 Å². The quantitative estimate of drug-likeness (QED) is 0.417. The van der Waals surface area contributed by atoms with Crippen LogP contribution in [0, 0.1) is 0 Å². The summed E-state index contributed by atoms with van der Waals surface area (Å²) in [6.45, 7) is 6.15. The van der Waals surface area contributed by atoms with E-state index in [1.165, 1.54) is 5.56 Å². The number of hydrogen-bond donors (Lipinski definition) is 1. The molecule has 140 valence electrons. The molecule has 0 bridgehead atoms. The Labute approximate surface area is 155 Å². The molecular weight excluding hydrogens is 330 g/mol. The van der Waals surface area contributed by atoms with Crippen molar-refractivity contribution < 1.29 is 19.0 Å². The number of rotatable bonds is 9. The zero-order valence-electron chi connectivity index (χ0n) is 15.7. The lowest BCUT2D eigenvalue weighted by Crippen LogP contribution is -2.39. The van der Waals surface area contributed by atoms with Crippen LogP contribution in [0.25, 0.3) is 0 Å². The Kier molecular flexibility index (Phi) is 6.89. The van der Waals surface area contributed by atoms with Crippen LogP contribution in [0.15, 0.2) is 48.5 Å². The highest BCUT2D eigenvalue weighted by Crippen LogP contribution is 2.21. The van der Waals surface area contributed by atoms with Gasteiger partial charge in [0.1, 0.15) is 11.5 Å². The fourth-order valence-electron chi connectivity index (χ4n) is 2.40. The minimum absolute atomic E-state index is 0.336. The highest BCUT2D eigenvalue weighted by molar-refractivity contribution is 5.79. The zero-order valence-corrected chi connectivity index (χ0v) is 15.7. The van der Waals surface area contributed by atoms with Gasteiger partial charge in [-0.25, -0.2) is 4.79 Å². The van der Waals surface area contributed by atoms with Crippen LogP contribution in [0.2, 0.25) is 0 Å². The van der Waals surface area contributed by atoms with Crippen molar-refractivity contribution in [1.29, 1.82) is 0 Å². The van der Waals surface area contributed by atoms with Crippen molar-refractivity contribution in [3.63, 3.8) is 0 Å². The van der Waals surface area contributed by atoms with E-state index in [1.807, 2.05) is 48.5 Å². The third kappa shape index (κ3) is 5.99. The lowest BCUT2D eigenvalue weighted by atomic mass is 10.1. The van der Waals surface area contributed by atoms with Gasteiger partial charge in [0.25, 0.3) is 0 Å². The average Bonchev–Trinajstić information content (AvgIpc) is 2.61. The molecule has 0 unspecified atom stereocenters. The van der Waals surface area contributed by atoms with Crippen LogP contribution >= 0.6 is 0 Å². The van der Waals surface area contributed by atoms with Crippen molar-refractivity contribution in [3.05, 3.63) is 54.1 Å². The van der Waals surface area contributed by atoms with Gasteiger partial charge in [-0.05, 0) is 75.6 Å². The molecule has 0 saturated carbocycles. The maximum Gasteiger partial charge on any atom is 0.349 e. The Bertz CT molecular complexity index is 693. The lowest BCUT2D eigenvalue weighted by molar-refractivity contribution is -0.158. The number of hydrogen-bond acceptors (Lipinski definition) is 5. The van der Waals surface area contributed by atoms with E-state index < -0.39 is 5.60 Å². The lowest BCUT2D eigenvalue weighted by Gasteiger charge is -2.24. The molecule has 26 heavy (non-hydrogen) atoms. The van der Waals surface area contributed by atoms with Crippen LogP contribution in [-0.4, -0.2) is 24.8 Å². The summed E-state index contributed by atoms with van der Waals surface area (Å²) < 4.78 is 16.5. The largest absolute Gasteiger partial charge is 0.494 e. The summed E-state index contributed by atoms with van der Waals surface area (Å²) >= 11 is 0. The number of esters is 1. The first-order chi connectivity index (χ1) is 12.4. The second-order valence-electron chi connectivity index (χ2n) is 6.50. The molecule has 0 amide bonds. The SMILES string of the molecule is CCOC(=O)C(C)(C)Oc1ccc(CCCOc2ccc(N)cc2)cc1. The van der Waals surface area contributed by atoms with Crippen molar-refractivity contribution in [2.24, 2.45) is 0 Å². The normalized spacial score (nSPS) is 11.0. The topological polar surface area (TPSA) is 70.8 Å². The Hall–Kier alpha value is -2.69. The van der Waals surface area contributed by atoms with Gasteiger partial charge in [-0.2, -0.15) is 0 Å². The Balaban J connectivity index is 1.78. The maximum absolute atomic E-state index is 11.9. The number of benzene rings is 2. The monoisotopic (exact) mass is 357 g/mol. The van der Waals surface area contributed by atoms with Crippen LogP contribution < -0.4 is 15.2 Å². The van der Waals surface area contributed by atoms with E-state index in [1.54, 1.807) is 20.8 Å². The molecule has 5 heteroatoms. The molecular formula is C21H27NO4. The maximum atomic E-state index is 11.9. The molecule has 0 fully saturated rings. The molecule has 2 N–H and O–H groups in total. The zero-order chi connectivity index (χ0) is 19.0. The summed E-state index contributed by atoms with van der Waals surface area (Å²) in [7, 11) is 0. The molecule has 0 radical (unpaired) electrons. The summed E-state index contributed by atoms with van der Waals surface area (Å²) in [6.07, 6.45) is 1.80. The number of carbonyl (C=O) groups is 1. The predicted octanol–water partition coefficient (Wildman–Crippen LogP) is 4.00. The van der Waals surface area contributed by atoms with Gasteiger partial charge in [-0.1, -0.05) is 12.1 Å². The highest BCUT2D eigenvalue weighted by Gasteiger charge is 2.31. The number of ether oxygens (including phenoxy) is 3. The van der Waals surface area contributed by atoms with Crippen LogP contribution in [0.4, 0.5) is 5.69 Å². The molecule has 0 aliphatic heterocycles. The summed E-state index contributed by atoms with van der Waals surface area (Å²) in [4.78, 5) is 11.9. The molecule has 0 saturated heterocycles. The number of aryl methyl sites for hydroxylation is 1. The van der Waals surface area contributed by atoms with Crippen molar-refractivity contribution in [2.75, 3.05) is 18.9 Å². The summed E-state index contributed by atoms with van der Waals surface area (Å²) in [6, 6.07) is 15.1. The predicted molar refractivity (Wildman–Crippen MR) is 102 cm³/mol. The van der Waals surface area contributed by atoms with Crippen molar-refractivity contribution in [2.45, 2.75) is 39.2 Å². The fraction of sp³-hybridized carbons (Fsp3) is 0.381. The van der Waals surface area contributed by atoms with E-state index in [2.05, 4.69) is 0 Å². The number of carbonyl (C=O) groups excluding carboxylic acids is 1. The number of nitrogen functional groups attached to an aromatic ring is 1. The fourth-order valence-corrected chi connectivity index (χ4v) is 2.40. The van der Waals surface area contributed by atoms with E-state index >= 15 is 0 Å². The van der Waals surface area contributed by atoms with Gasteiger partial charge in [0.2, 0.25) is 0 Å². The van der Waals surface area contributed by atoms with Crippen LogP contribution in [0.5, 0.6) is 11.5 Å². The van der Waals surface area contributed by atoms with Crippen molar-refractivity contribution in [3.8, 4) is 11.5 Å². The Morgan fingerprint density at radius 2 is 1.62 bits per heavy atom. The first-order valence-corrected chi connectivity index (χ1v) is 8.84.